The lowest BCUT2D eigenvalue weighted by molar-refractivity contribution is -0.384. The molecule has 2 N–H and O–H groups in total. The molecule has 1 unspecified atom stereocenters. The summed E-state index contributed by atoms with van der Waals surface area (Å²) in [4.78, 5) is 12.3. The first-order valence-electron chi connectivity index (χ1n) is 5.80. The molecule has 100 valence electrons. The fraction of sp³-hybridized carbons (Fsp3) is 0.500. The summed E-state index contributed by atoms with van der Waals surface area (Å²) in [5.41, 5.74) is 1.51. The summed E-state index contributed by atoms with van der Waals surface area (Å²) in [7, 11) is 3.57. The van der Waals surface area contributed by atoms with E-state index in [2.05, 4.69) is 5.32 Å². The first-order chi connectivity index (χ1) is 8.43. The zero-order chi connectivity index (χ0) is 13.7. The molecular weight excluding hydrogens is 234 g/mol. The van der Waals surface area contributed by atoms with E-state index in [0.29, 0.717) is 18.7 Å². The second-order valence-corrected chi connectivity index (χ2v) is 4.30. The molecule has 6 heteroatoms. The van der Waals surface area contributed by atoms with Crippen molar-refractivity contribution in [2.75, 3.05) is 30.9 Å². The fourth-order valence-corrected chi connectivity index (χ4v) is 1.57. The Morgan fingerprint density at radius 2 is 2.17 bits per heavy atom. The van der Waals surface area contributed by atoms with Crippen molar-refractivity contribution in [2.24, 2.45) is 0 Å². The van der Waals surface area contributed by atoms with Crippen LogP contribution >= 0.6 is 0 Å². The smallest absolute Gasteiger partial charge is 0.273 e. The Balaban J connectivity index is 2.93. The highest BCUT2D eigenvalue weighted by Gasteiger charge is 2.12. The number of nitrogens with one attached hydrogen (secondary N) is 1. The molecule has 0 fully saturated rings. The van der Waals surface area contributed by atoms with Crippen LogP contribution in [-0.2, 0) is 0 Å². The third-order valence-electron chi connectivity index (χ3n) is 2.73. The standard InChI is InChI=1S/C12H19N3O3/c1-9(16)4-5-14(3)11-6-10(13-2)7-12(8-11)15(17)18/h6-9,13,16H,4-5H2,1-3H3. The lowest BCUT2D eigenvalue weighted by atomic mass is 10.2. The highest BCUT2D eigenvalue weighted by molar-refractivity contribution is 5.64. The van der Waals surface area contributed by atoms with Crippen LogP contribution in [0.25, 0.3) is 0 Å². The highest BCUT2D eigenvalue weighted by atomic mass is 16.6. The molecule has 0 aliphatic rings. The first-order valence-corrected chi connectivity index (χ1v) is 5.80. The number of aliphatic hydroxyl groups is 1. The largest absolute Gasteiger partial charge is 0.393 e. The van der Waals surface area contributed by atoms with Crippen molar-refractivity contribution in [1.29, 1.82) is 0 Å². The van der Waals surface area contributed by atoms with Gasteiger partial charge in [0.25, 0.3) is 5.69 Å². The molecule has 1 aromatic carbocycles. The second-order valence-electron chi connectivity index (χ2n) is 4.30. The minimum Gasteiger partial charge on any atom is -0.393 e. The zero-order valence-electron chi connectivity index (χ0n) is 10.9. The molecule has 0 aromatic heterocycles. The van der Waals surface area contributed by atoms with Gasteiger partial charge in [-0.05, 0) is 19.4 Å². The molecule has 1 atom stereocenters. The Labute approximate surface area is 106 Å². The number of hydrogen-bond donors (Lipinski definition) is 2. The van der Waals surface area contributed by atoms with Crippen molar-refractivity contribution < 1.29 is 10.0 Å². The van der Waals surface area contributed by atoms with Gasteiger partial charge in [0.05, 0.1) is 11.0 Å². The van der Waals surface area contributed by atoms with E-state index >= 15 is 0 Å². The molecule has 1 aromatic rings. The van der Waals surface area contributed by atoms with Gasteiger partial charge in [-0.25, -0.2) is 0 Å². The number of non-ortho nitro benzene ring substituents is 1. The van der Waals surface area contributed by atoms with Crippen LogP contribution in [-0.4, -0.2) is 36.8 Å². The molecule has 0 saturated carbocycles. The van der Waals surface area contributed by atoms with Gasteiger partial charge >= 0.3 is 0 Å². The van der Waals surface area contributed by atoms with Crippen molar-refractivity contribution in [2.45, 2.75) is 19.4 Å². The SMILES string of the molecule is CNc1cc(N(C)CCC(C)O)cc([N+](=O)[O-])c1. The van der Waals surface area contributed by atoms with E-state index < -0.39 is 4.92 Å². The topological polar surface area (TPSA) is 78.6 Å². The predicted octanol–water partition coefficient (Wildman–Crippen LogP) is 1.84. The van der Waals surface area contributed by atoms with Crippen LogP contribution in [0.15, 0.2) is 18.2 Å². The van der Waals surface area contributed by atoms with Crippen LogP contribution in [0, 0.1) is 10.1 Å². The number of anilines is 2. The third-order valence-corrected chi connectivity index (χ3v) is 2.73. The second kappa shape index (κ2) is 6.20. The molecule has 0 amide bonds. The van der Waals surface area contributed by atoms with Gasteiger partial charge < -0.3 is 15.3 Å². The van der Waals surface area contributed by atoms with Crippen LogP contribution in [0.1, 0.15) is 13.3 Å². The lowest BCUT2D eigenvalue weighted by Gasteiger charge is -2.20. The van der Waals surface area contributed by atoms with Gasteiger partial charge in [0.2, 0.25) is 0 Å². The van der Waals surface area contributed by atoms with Gasteiger partial charge in [-0.15, -0.1) is 0 Å². The molecule has 0 spiro atoms. The van der Waals surface area contributed by atoms with Crippen LogP contribution in [0.3, 0.4) is 0 Å². The minimum absolute atomic E-state index is 0.0562. The minimum atomic E-state index is -0.410. The molecule has 0 aliphatic carbocycles. The number of aliphatic hydroxyl groups excluding tert-OH is 1. The third kappa shape index (κ3) is 3.89. The highest BCUT2D eigenvalue weighted by Crippen LogP contribution is 2.26. The number of nitrogens with zero attached hydrogens (tertiary/aromatic N) is 2. The molecule has 18 heavy (non-hydrogen) atoms. The van der Waals surface area contributed by atoms with Gasteiger partial charge in [-0.2, -0.15) is 0 Å². The normalized spacial score (nSPS) is 12.0. The first kappa shape index (κ1) is 14.2. The number of nitro benzene ring substituents is 1. The maximum atomic E-state index is 10.8. The summed E-state index contributed by atoms with van der Waals surface area (Å²) in [6.45, 7) is 2.36. The number of hydrogen-bond acceptors (Lipinski definition) is 5. The van der Waals surface area contributed by atoms with Crippen LogP contribution in [0.2, 0.25) is 0 Å². The molecule has 0 bridgehead atoms. The average molecular weight is 253 g/mol. The van der Waals surface area contributed by atoms with Crippen LogP contribution in [0.5, 0.6) is 0 Å². The Hall–Kier alpha value is -1.82. The molecule has 0 aliphatic heterocycles. The molecular formula is C12H19N3O3. The van der Waals surface area contributed by atoms with Gasteiger partial charge in [-0.3, -0.25) is 10.1 Å². The molecule has 0 radical (unpaired) electrons. The lowest BCUT2D eigenvalue weighted by Crippen LogP contribution is -2.22. The Kier molecular flexibility index (Phi) is 4.91. The number of nitro groups is 1. The van der Waals surface area contributed by atoms with Gasteiger partial charge in [-0.1, -0.05) is 0 Å². The molecule has 6 nitrogen and oxygen atoms in total. The van der Waals surface area contributed by atoms with Crippen molar-refractivity contribution in [3.05, 3.63) is 28.3 Å². The summed E-state index contributed by atoms with van der Waals surface area (Å²) in [6.07, 6.45) is 0.239. The monoisotopic (exact) mass is 253 g/mol. The maximum absolute atomic E-state index is 10.8. The van der Waals surface area contributed by atoms with E-state index in [1.54, 1.807) is 14.0 Å². The van der Waals surface area contributed by atoms with E-state index in [9.17, 15) is 15.2 Å². The van der Waals surface area contributed by atoms with Crippen molar-refractivity contribution in [3.8, 4) is 0 Å². The van der Waals surface area contributed by atoms with E-state index in [-0.39, 0.29) is 11.8 Å². The Morgan fingerprint density at radius 3 is 2.67 bits per heavy atom. The summed E-state index contributed by atoms with van der Waals surface area (Å²) in [6, 6.07) is 4.87. The summed E-state index contributed by atoms with van der Waals surface area (Å²) >= 11 is 0. The van der Waals surface area contributed by atoms with Gasteiger partial charge in [0, 0.05) is 44.1 Å². The van der Waals surface area contributed by atoms with Gasteiger partial charge in [0.15, 0.2) is 0 Å². The van der Waals surface area contributed by atoms with E-state index in [0.717, 1.165) is 5.69 Å². The van der Waals surface area contributed by atoms with Crippen LogP contribution < -0.4 is 10.2 Å². The Morgan fingerprint density at radius 1 is 1.50 bits per heavy atom. The molecule has 0 heterocycles. The van der Waals surface area contributed by atoms with Crippen LogP contribution in [0.4, 0.5) is 17.1 Å². The number of rotatable bonds is 6. The Bertz CT molecular complexity index is 421. The van der Waals surface area contributed by atoms with Crippen molar-refractivity contribution >= 4 is 17.1 Å². The summed E-state index contributed by atoms with van der Waals surface area (Å²) < 4.78 is 0. The zero-order valence-corrected chi connectivity index (χ0v) is 10.9. The molecule has 0 saturated heterocycles. The van der Waals surface area contributed by atoms with E-state index in [1.807, 2.05) is 18.0 Å². The summed E-state index contributed by atoms with van der Waals surface area (Å²) in [5, 5.41) is 23.0. The summed E-state index contributed by atoms with van der Waals surface area (Å²) in [5.74, 6) is 0. The van der Waals surface area contributed by atoms with Gasteiger partial charge in [0.1, 0.15) is 0 Å². The fourth-order valence-electron chi connectivity index (χ4n) is 1.57. The van der Waals surface area contributed by atoms with E-state index in [4.69, 9.17) is 0 Å². The van der Waals surface area contributed by atoms with Crippen molar-refractivity contribution in [3.63, 3.8) is 0 Å². The quantitative estimate of drug-likeness (QED) is 0.597. The molecule has 1 rings (SSSR count). The van der Waals surface area contributed by atoms with Crippen molar-refractivity contribution in [1.82, 2.24) is 0 Å². The number of benzene rings is 1. The van der Waals surface area contributed by atoms with E-state index in [1.165, 1.54) is 12.1 Å². The maximum Gasteiger partial charge on any atom is 0.273 e. The average Bonchev–Trinajstić information content (AvgIpc) is 2.35. The predicted molar refractivity (Wildman–Crippen MR) is 72.2 cm³/mol.